The molecular weight excluding hydrogens is 400 g/mol. The van der Waals surface area contributed by atoms with E-state index in [1.165, 1.54) is 34.9 Å². The van der Waals surface area contributed by atoms with Gasteiger partial charge in [0.1, 0.15) is 0 Å². The summed E-state index contributed by atoms with van der Waals surface area (Å²) in [7, 11) is 0. The number of aromatic nitrogens is 1. The molecule has 2 aromatic rings. The van der Waals surface area contributed by atoms with E-state index in [9.17, 15) is 14.7 Å². The monoisotopic (exact) mass is 434 g/mol. The molecule has 5 fully saturated rings. The molecule has 5 atom stereocenters. The molecule has 3 heterocycles. The first-order chi connectivity index (χ1) is 15.4. The Morgan fingerprint density at radius 1 is 1.16 bits per heavy atom. The van der Waals surface area contributed by atoms with Gasteiger partial charge in [-0.1, -0.05) is 19.1 Å². The lowest BCUT2D eigenvalue weighted by Gasteiger charge is -2.53. The van der Waals surface area contributed by atoms with Crippen LogP contribution in [-0.2, 0) is 9.59 Å². The number of benzene rings is 1. The first-order valence-electron chi connectivity index (χ1n) is 12.6. The number of carbonyl (C=O) groups excluding carboxylic acids is 1. The maximum atomic E-state index is 13.7. The van der Waals surface area contributed by atoms with Gasteiger partial charge in [0, 0.05) is 35.6 Å². The number of hydrogen-bond acceptors (Lipinski definition) is 2. The molecule has 5 aliphatic rings. The van der Waals surface area contributed by atoms with Gasteiger partial charge < -0.3 is 15.0 Å². The lowest BCUT2D eigenvalue weighted by molar-refractivity contribution is -0.149. The number of amides is 1. The standard InChI is InChI=1S/C27H34N2O3/c1-16(22-15-28-23-4-2-3-21(26(22)23)18-6-7-18)9-24(30)29-19-8-5-17-10-20(29)13-27(11-17,12-19)14-25(31)32/h2-4,15-20,28H,5-14H2,1H3,(H,31,32). The second kappa shape index (κ2) is 7.36. The van der Waals surface area contributed by atoms with Crippen LogP contribution < -0.4 is 0 Å². The zero-order valence-electron chi connectivity index (χ0n) is 19.0. The zero-order chi connectivity index (χ0) is 22.0. The number of carboxylic acid groups (broad SMARTS) is 1. The fourth-order valence-corrected chi connectivity index (χ4v) is 7.70. The molecule has 1 aromatic heterocycles. The van der Waals surface area contributed by atoms with Crippen LogP contribution in [-0.4, -0.2) is 39.0 Å². The number of nitrogens with zero attached hydrogens (tertiary/aromatic N) is 1. The molecule has 2 aliphatic heterocycles. The van der Waals surface area contributed by atoms with Crippen molar-refractivity contribution < 1.29 is 14.7 Å². The summed E-state index contributed by atoms with van der Waals surface area (Å²) in [4.78, 5) is 30.9. The topological polar surface area (TPSA) is 73.4 Å². The fraction of sp³-hybridized carbons (Fsp3) is 0.630. The van der Waals surface area contributed by atoms with Crippen molar-refractivity contribution in [3.05, 3.63) is 35.5 Å². The maximum absolute atomic E-state index is 13.7. The summed E-state index contributed by atoms with van der Waals surface area (Å²) in [5.41, 5.74) is 3.83. The van der Waals surface area contributed by atoms with Crippen LogP contribution in [0.3, 0.4) is 0 Å². The van der Waals surface area contributed by atoms with Crippen molar-refractivity contribution >= 4 is 22.8 Å². The van der Waals surface area contributed by atoms with Gasteiger partial charge in [0.2, 0.25) is 5.91 Å². The molecule has 5 nitrogen and oxygen atoms in total. The van der Waals surface area contributed by atoms with Gasteiger partial charge in [0.05, 0.1) is 6.42 Å². The van der Waals surface area contributed by atoms with Crippen LogP contribution in [0.4, 0.5) is 0 Å². The van der Waals surface area contributed by atoms with Crippen molar-refractivity contribution in [3.8, 4) is 0 Å². The Balaban J connectivity index is 1.24. The minimum Gasteiger partial charge on any atom is -0.481 e. The minimum atomic E-state index is -0.677. The summed E-state index contributed by atoms with van der Waals surface area (Å²) < 4.78 is 0. The highest BCUT2D eigenvalue weighted by atomic mass is 16.4. The van der Waals surface area contributed by atoms with Crippen molar-refractivity contribution in [2.24, 2.45) is 11.3 Å². The third-order valence-electron chi connectivity index (χ3n) is 8.97. The first-order valence-corrected chi connectivity index (χ1v) is 12.6. The minimum absolute atomic E-state index is 0.0843. The Bertz CT molecular complexity index is 1070. The van der Waals surface area contributed by atoms with Crippen LogP contribution in [0.25, 0.3) is 10.9 Å². The number of nitrogens with one attached hydrogen (secondary N) is 1. The van der Waals surface area contributed by atoms with E-state index < -0.39 is 5.97 Å². The van der Waals surface area contributed by atoms with Crippen molar-refractivity contribution in [2.75, 3.05) is 0 Å². The van der Waals surface area contributed by atoms with Crippen molar-refractivity contribution in [3.63, 3.8) is 0 Å². The second-order valence-corrected chi connectivity index (χ2v) is 11.4. The van der Waals surface area contributed by atoms with Gasteiger partial charge in [-0.3, -0.25) is 9.59 Å². The Labute approximate surface area is 189 Å². The third kappa shape index (κ3) is 3.36. The van der Waals surface area contributed by atoms with E-state index in [0.29, 0.717) is 18.3 Å². The van der Waals surface area contributed by atoms with Crippen LogP contribution in [0, 0.1) is 11.3 Å². The summed E-state index contributed by atoms with van der Waals surface area (Å²) in [6.45, 7) is 2.20. The lowest BCUT2D eigenvalue weighted by atomic mass is 9.62. The normalized spacial score (nSPS) is 32.3. The van der Waals surface area contributed by atoms with Gasteiger partial charge in [-0.05, 0) is 91.7 Å². The van der Waals surface area contributed by atoms with E-state index in [2.05, 4.69) is 41.2 Å². The largest absolute Gasteiger partial charge is 0.481 e. The van der Waals surface area contributed by atoms with Crippen molar-refractivity contribution in [2.45, 2.75) is 95.1 Å². The molecule has 2 saturated heterocycles. The zero-order valence-corrected chi connectivity index (χ0v) is 19.0. The van der Waals surface area contributed by atoms with Crippen molar-refractivity contribution in [1.82, 2.24) is 9.88 Å². The predicted molar refractivity (Wildman–Crippen MR) is 124 cm³/mol. The van der Waals surface area contributed by atoms with E-state index in [4.69, 9.17) is 0 Å². The molecular formula is C27H34N2O3. The average Bonchev–Trinajstić information content (AvgIpc) is 3.51. The number of aromatic amines is 1. The predicted octanol–water partition coefficient (Wildman–Crippen LogP) is 5.56. The maximum Gasteiger partial charge on any atom is 0.303 e. The molecule has 0 radical (unpaired) electrons. The molecule has 4 bridgehead atoms. The Morgan fingerprint density at radius 3 is 2.75 bits per heavy atom. The lowest BCUT2D eigenvalue weighted by Crippen LogP contribution is -2.57. The third-order valence-corrected chi connectivity index (χ3v) is 8.97. The molecule has 3 aliphatic carbocycles. The van der Waals surface area contributed by atoms with Crippen LogP contribution in [0.2, 0.25) is 0 Å². The molecule has 1 aromatic carbocycles. The van der Waals surface area contributed by atoms with Gasteiger partial charge in [-0.25, -0.2) is 0 Å². The van der Waals surface area contributed by atoms with Gasteiger partial charge in [0.25, 0.3) is 0 Å². The Hall–Kier alpha value is -2.30. The molecule has 5 heteroatoms. The molecule has 3 saturated carbocycles. The van der Waals surface area contributed by atoms with Gasteiger partial charge in [-0.2, -0.15) is 0 Å². The number of H-pyrrole nitrogens is 1. The summed E-state index contributed by atoms with van der Waals surface area (Å²) in [5.74, 6) is 1.03. The summed E-state index contributed by atoms with van der Waals surface area (Å²) in [6.07, 6.45) is 11.5. The number of aliphatic carboxylic acids is 1. The number of rotatable bonds is 6. The SMILES string of the molecule is CC(CC(=O)N1C2CCC3CC1CC(CC(=O)O)(C3)C2)c1c[nH]c2cccc(C3CC3)c12. The average molecular weight is 435 g/mol. The van der Waals surface area contributed by atoms with E-state index in [1.807, 2.05) is 0 Å². The van der Waals surface area contributed by atoms with Crippen LogP contribution >= 0.6 is 0 Å². The van der Waals surface area contributed by atoms with E-state index in [1.54, 1.807) is 0 Å². The van der Waals surface area contributed by atoms with Gasteiger partial charge in [-0.15, -0.1) is 0 Å². The highest BCUT2D eigenvalue weighted by molar-refractivity contribution is 5.89. The van der Waals surface area contributed by atoms with E-state index >= 15 is 0 Å². The van der Waals surface area contributed by atoms with Crippen LogP contribution in [0.5, 0.6) is 0 Å². The quantitative estimate of drug-likeness (QED) is 0.625. The molecule has 0 spiro atoms. The van der Waals surface area contributed by atoms with Crippen LogP contribution in [0.15, 0.2) is 24.4 Å². The highest BCUT2D eigenvalue weighted by Gasteiger charge is 2.53. The van der Waals surface area contributed by atoms with Crippen LogP contribution in [0.1, 0.15) is 94.1 Å². The first kappa shape index (κ1) is 20.3. The molecule has 5 unspecified atom stereocenters. The highest BCUT2D eigenvalue weighted by Crippen LogP contribution is 2.56. The summed E-state index contributed by atoms with van der Waals surface area (Å²) in [6, 6.07) is 7.01. The Kier molecular flexibility index (Phi) is 4.67. The van der Waals surface area contributed by atoms with E-state index in [-0.39, 0.29) is 35.7 Å². The summed E-state index contributed by atoms with van der Waals surface area (Å²) >= 11 is 0. The number of fused-ring (bicyclic) bond motifs is 2. The fourth-order valence-electron chi connectivity index (χ4n) is 7.70. The smallest absolute Gasteiger partial charge is 0.303 e. The Morgan fingerprint density at radius 2 is 1.97 bits per heavy atom. The van der Waals surface area contributed by atoms with Gasteiger partial charge >= 0.3 is 5.97 Å². The van der Waals surface area contributed by atoms with Crippen molar-refractivity contribution in [1.29, 1.82) is 0 Å². The second-order valence-electron chi connectivity index (χ2n) is 11.4. The molecule has 32 heavy (non-hydrogen) atoms. The molecule has 2 N–H and O–H groups in total. The molecule has 170 valence electrons. The molecule has 1 amide bonds. The molecule has 7 rings (SSSR count). The number of hydrogen-bond donors (Lipinski definition) is 2. The number of carboxylic acids is 1. The van der Waals surface area contributed by atoms with Gasteiger partial charge in [0.15, 0.2) is 0 Å². The number of piperidine rings is 1. The number of carbonyl (C=O) groups is 2. The van der Waals surface area contributed by atoms with E-state index in [0.717, 1.165) is 38.5 Å². The summed E-state index contributed by atoms with van der Waals surface area (Å²) in [5, 5.41) is 10.9.